The number of rotatable bonds is 4. The van der Waals surface area contributed by atoms with E-state index >= 15 is 0 Å². The van der Waals surface area contributed by atoms with Crippen LogP contribution in [0.3, 0.4) is 0 Å². The maximum Gasteiger partial charge on any atom is 0.280 e. The van der Waals surface area contributed by atoms with Gasteiger partial charge in [-0.1, -0.05) is 46.8 Å². The van der Waals surface area contributed by atoms with Crippen LogP contribution < -0.4 is 0 Å². The van der Waals surface area contributed by atoms with Crippen molar-refractivity contribution in [2.45, 2.75) is 12.5 Å². The van der Waals surface area contributed by atoms with E-state index in [1.54, 1.807) is 10.9 Å². The van der Waals surface area contributed by atoms with Gasteiger partial charge in [-0.05, 0) is 24.6 Å². The van der Waals surface area contributed by atoms with E-state index in [1.807, 2.05) is 65.7 Å². The van der Waals surface area contributed by atoms with Crippen LogP contribution in [-0.2, 0) is 0 Å². The molecule has 0 saturated carbocycles. The number of hydrogen-bond acceptors (Lipinski definition) is 6. The number of carbonyl (C=O) groups excluding carboxylic acids is 1. The van der Waals surface area contributed by atoms with Gasteiger partial charge in [0.05, 0.1) is 12.2 Å². The monoisotopic (exact) mass is 425 g/mol. The minimum atomic E-state index is 0.0300. The van der Waals surface area contributed by atoms with E-state index in [-0.39, 0.29) is 11.9 Å². The second-order valence-corrected chi connectivity index (χ2v) is 7.81. The Bertz CT molecular complexity index is 1400. The van der Waals surface area contributed by atoms with Crippen LogP contribution in [0.4, 0.5) is 0 Å². The molecule has 1 aliphatic heterocycles. The molecule has 0 aliphatic carbocycles. The molecule has 1 aliphatic rings. The smallest absolute Gasteiger partial charge is 0.280 e. The van der Waals surface area contributed by atoms with Gasteiger partial charge < -0.3 is 14.4 Å². The summed E-state index contributed by atoms with van der Waals surface area (Å²) in [5, 5.41) is 13.4. The van der Waals surface area contributed by atoms with Gasteiger partial charge in [-0.25, -0.2) is 4.68 Å². The molecular weight excluding hydrogens is 406 g/mol. The number of aromatic amines is 1. The summed E-state index contributed by atoms with van der Waals surface area (Å²) < 4.78 is 7.17. The predicted octanol–water partition coefficient (Wildman–Crippen LogP) is 3.56. The summed E-state index contributed by atoms with van der Waals surface area (Å²) in [4.78, 5) is 22.6. The summed E-state index contributed by atoms with van der Waals surface area (Å²) in [5.74, 6) is 0.856. The number of nitrogens with one attached hydrogen (secondary N) is 1. The molecule has 9 nitrogen and oxygen atoms in total. The van der Waals surface area contributed by atoms with Crippen molar-refractivity contribution in [2.24, 2.45) is 0 Å². The second kappa shape index (κ2) is 7.45. The minimum Gasteiger partial charge on any atom is -0.361 e. The predicted molar refractivity (Wildman–Crippen MR) is 117 cm³/mol. The van der Waals surface area contributed by atoms with Crippen LogP contribution in [0.1, 0.15) is 22.8 Å². The molecule has 158 valence electrons. The summed E-state index contributed by atoms with van der Waals surface area (Å²) in [7, 11) is 0. The number of benzene rings is 2. The number of likely N-dealkylation sites (tertiary alicyclic amines) is 1. The van der Waals surface area contributed by atoms with Gasteiger partial charge in [-0.3, -0.25) is 4.79 Å². The molecule has 0 spiro atoms. The highest BCUT2D eigenvalue weighted by Crippen LogP contribution is 2.27. The Labute approximate surface area is 182 Å². The van der Waals surface area contributed by atoms with Crippen molar-refractivity contribution in [1.29, 1.82) is 0 Å². The van der Waals surface area contributed by atoms with Crippen LogP contribution in [0.2, 0.25) is 0 Å². The standard InChI is InChI=1S/C23H19N7O2/c31-23(18-7-4-8-19-17(18)9-11-24-19)29-12-10-16(13-29)30-14-20(26-28-30)22-25-21(27-32-22)15-5-2-1-3-6-15/h1-9,11,14,16,24H,10,12-13H2/t16-/m0/s1. The van der Waals surface area contributed by atoms with Crippen molar-refractivity contribution < 1.29 is 9.32 Å². The number of carbonyl (C=O) groups is 1. The second-order valence-electron chi connectivity index (χ2n) is 7.81. The van der Waals surface area contributed by atoms with E-state index in [0.717, 1.165) is 22.9 Å². The van der Waals surface area contributed by atoms with E-state index in [0.29, 0.717) is 36.1 Å². The first-order valence-corrected chi connectivity index (χ1v) is 10.4. The molecule has 5 aromatic rings. The average molecular weight is 425 g/mol. The lowest BCUT2D eigenvalue weighted by atomic mass is 10.1. The molecule has 1 amide bonds. The lowest BCUT2D eigenvalue weighted by Crippen LogP contribution is -2.29. The summed E-state index contributed by atoms with van der Waals surface area (Å²) >= 11 is 0. The molecule has 1 N–H and O–H groups in total. The van der Waals surface area contributed by atoms with Crippen molar-refractivity contribution in [2.75, 3.05) is 13.1 Å². The Morgan fingerprint density at radius 2 is 2.00 bits per heavy atom. The third-order valence-corrected chi connectivity index (χ3v) is 5.84. The SMILES string of the molecule is O=C(c1cccc2[nH]ccc12)N1CC[C@H](n2cc(-c3nc(-c4ccccc4)no3)nn2)C1. The van der Waals surface area contributed by atoms with E-state index in [2.05, 4.69) is 25.4 Å². The maximum atomic E-state index is 13.1. The lowest BCUT2D eigenvalue weighted by molar-refractivity contribution is 0.0789. The first-order valence-electron chi connectivity index (χ1n) is 10.4. The van der Waals surface area contributed by atoms with Gasteiger partial charge in [0, 0.05) is 41.3 Å². The zero-order valence-corrected chi connectivity index (χ0v) is 17.0. The molecule has 2 aromatic carbocycles. The first-order chi connectivity index (χ1) is 15.8. The average Bonchev–Trinajstić information content (AvgIpc) is 3.63. The van der Waals surface area contributed by atoms with E-state index in [4.69, 9.17) is 4.52 Å². The highest BCUT2D eigenvalue weighted by molar-refractivity contribution is 6.06. The molecule has 4 heterocycles. The van der Waals surface area contributed by atoms with Crippen molar-refractivity contribution in [3.63, 3.8) is 0 Å². The summed E-state index contributed by atoms with van der Waals surface area (Å²) in [6.45, 7) is 1.24. The Balaban J connectivity index is 1.19. The molecule has 1 atom stereocenters. The number of fused-ring (bicyclic) bond motifs is 1. The zero-order chi connectivity index (χ0) is 21.5. The van der Waals surface area contributed by atoms with Crippen molar-refractivity contribution in [1.82, 2.24) is 35.0 Å². The van der Waals surface area contributed by atoms with E-state index < -0.39 is 0 Å². The number of hydrogen-bond donors (Lipinski definition) is 1. The van der Waals surface area contributed by atoms with E-state index in [9.17, 15) is 4.79 Å². The summed E-state index contributed by atoms with van der Waals surface area (Å²) in [6, 6.07) is 17.3. The Morgan fingerprint density at radius 3 is 2.91 bits per heavy atom. The van der Waals surface area contributed by atoms with Crippen LogP contribution in [0, 0.1) is 0 Å². The molecule has 0 unspecified atom stereocenters. The van der Waals surface area contributed by atoms with Gasteiger partial charge in [0.1, 0.15) is 0 Å². The Kier molecular flexibility index (Phi) is 4.31. The topological polar surface area (TPSA) is 106 Å². The maximum absolute atomic E-state index is 13.1. The third-order valence-electron chi connectivity index (χ3n) is 5.84. The molecule has 0 bridgehead atoms. The highest BCUT2D eigenvalue weighted by Gasteiger charge is 2.30. The fraction of sp³-hybridized carbons (Fsp3) is 0.174. The van der Waals surface area contributed by atoms with Crippen molar-refractivity contribution in [3.8, 4) is 23.0 Å². The quantitative estimate of drug-likeness (QED) is 0.472. The Morgan fingerprint density at radius 1 is 1.09 bits per heavy atom. The molecule has 9 heteroatoms. The van der Waals surface area contributed by atoms with Crippen LogP contribution in [0.5, 0.6) is 0 Å². The van der Waals surface area contributed by atoms with Crippen LogP contribution in [0.25, 0.3) is 33.9 Å². The molecule has 1 fully saturated rings. The van der Waals surface area contributed by atoms with Crippen molar-refractivity contribution in [3.05, 3.63) is 72.6 Å². The largest absolute Gasteiger partial charge is 0.361 e. The molecular formula is C23H19N7O2. The van der Waals surface area contributed by atoms with Gasteiger partial charge in [0.15, 0.2) is 5.69 Å². The van der Waals surface area contributed by atoms with Crippen LogP contribution in [-0.4, -0.2) is 54.0 Å². The summed E-state index contributed by atoms with van der Waals surface area (Å²) in [5.41, 5.74) is 3.06. The zero-order valence-electron chi connectivity index (χ0n) is 17.0. The van der Waals surface area contributed by atoms with Gasteiger partial charge >= 0.3 is 0 Å². The summed E-state index contributed by atoms with van der Waals surface area (Å²) in [6.07, 6.45) is 4.45. The number of aromatic nitrogens is 6. The fourth-order valence-electron chi connectivity index (χ4n) is 4.17. The molecule has 6 rings (SSSR count). The van der Waals surface area contributed by atoms with E-state index in [1.165, 1.54) is 0 Å². The molecule has 32 heavy (non-hydrogen) atoms. The first kappa shape index (κ1) is 18.5. The van der Waals surface area contributed by atoms with Crippen molar-refractivity contribution >= 4 is 16.8 Å². The fourth-order valence-corrected chi connectivity index (χ4v) is 4.17. The minimum absolute atomic E-state index is 0.0300. The van der Waals surface area contributed by atoms with Crippen LogP contribution >= 0.6 is 0 Å². The van der Waals surface area contributed by atoms with Gasteiger partial charge in [0.25, 0.3) is 11.8 Å². The lowest BCUT2D eigenvalue weighted by Gasteiger charge is -2.17. The normalized spacial score (nSPS) is 16.1. The van der Waals surface area contributed by atoms with Gasteiger partial charge in [-0.2, -0.15) is 4.98 Å². The van der Waals surface area contributed by atoms with Crippen LogP contribution in [0.15, 0.2) is 71.5 Å². The molecule has 3 aromatic heterocycles. The number of nitrogens with zero attached hydrogens (tertiary/aromatic N) is 6. The van der Waals surface area contributed by atoms with Gasteiger partial charge in [0.2, 0.25) is 5.82 Å². The van der Waals surface area contributed by atoms with Gasteiger partial charge in [-0.15, -0.1) is 5.10 Å². The third kappa shape index (κ3) is 3.15. The Hall–Kier alpha value is -4.27. The highest BCUT2D eigenvalue weighted by atomic mass is 16.5. The molecule has 0 radical (unpaired) electrons. The number of amides is 1. The molecule has 1 saturated heterocycles. The number of H-pyrrole nitrogens is 1.